The van der Waals surface area contributed by atoms with Crippen LogP contribution >= 0.6 is 0 Å². The summed E-state index contributed by atoms with van der Waals surface area (Å²) in [6.07, 6.45) is 6.10. The van der Waals surface area contributed by atoms with E-state index in [1.165, 1.54) is 0 Å². The number of nitrogens with one attached hydrogen (secondary N) is 1. The molecule has 2 N–H and O–H groups in total. The van der Waals surface area contributed by atoms with Crippen LogP contribution in [0, 0.1) is 11.8 Å². The van der Waals surface area contributed by atoms with E-state index in [9.17, 15) is 9.90 Å². The fourth-order valence-corrected chi connectivity index (χ4v) is 3.06. The molecule has 0 bridgehead atoms. The van der Waals surface area contributed by atoms with Gasteiger partial charge in [-0.05, 0) is 12.0 Å². The summed E-state index contributed by atoms with van der Waals surface area (Å²) in [4.78, 5) is 13.7. The maximum absolute atomic E-state index is 12.1. The number of unbranched alkanes of at least 4 members (excludes halogenated alkanes) is 1. The monoisotopic (exact) mass is 395 g/mol. The number of nitrogens with zero attached hydrogens (tertiary/aromatic N) is 4. The van der Waals surface area contributed by atoms with E-state index in [0.29, 0.717) is 44.7 Å². The first-order valence-electron chi connectivity index (χ1n) is 9.74. The molecule has 1 amide bonds. The molecule has 0 radical (unpaired) electrons. The van der Waals surface area contributed by atoms with Gasteiger partial charge in [-0.1, -0.05) is 53.6 Å². The van der Waals surface area contributed by atoms with E-state index < -0.39 is 6.10 Å². The molecule has 29 heavy (non-hydrogen) atoms. The van der Waals surface area contributed by atoms with Crippen molar-refractivity contribution in [3.8, 4) is 11.8 Å². The summed E-state index contributed by atoms with van der Waals surface area (Å²) in [5.74, 6) is 6.78. The zero-order valence-corrected chi connectivity index (χ0v) is 16.2. The normalized spacial score (nSPS) is 17.6. The van der Waals surface area contributed by atoms with Crippen molar-refractivity contribution in [2.45, 2.75) is 44.2 Å². The van der Waals surface area contributed by atoms with Crippen molar-refractivity contribution in [1.29, 1.82) is 0 Å². The number of rotatable bonds is 8. The summed E-state index contributed by atoms with van der Waals surface area (Å²) >= 11 is 0. The van der Waals surface area contributed by atoms with Gasteiger partial charge in [0.2, 0.25) is 0 Å². The molecule has 0 spiro atoms. The number of cyclic esters (lactones) is 1. The minimum absolute atomic E-state index is 0.129. The summed E-state index contributed by atoms with van der Waals surface area (Å²) in [6, 6.07) is 9.68. The third kappa shape index (κ3) is 6.73. The maximum atomic E-state index is 12.1. The highest BCUT2D eigenvalue weighted by molar-refractivity contribution is 5.69. The van der Waals surface area contributed by atoms with Crippen LogP contribution in [0.25, 0.3) is 0 Å². The summed E-state index contributed by atoms with van der Waals surface area (Å²) < 4.78 is 5.15. The van der Waals surface area contributed by atoms with Crippen LogP contribution in [0.4, 0.5) is 4.79 Å². The Labute approximate surface area is 170 Å². The standard InChI is InChI=1S/C21H25N5O3/c27-19(16-17-8-4-3-5-9-17)12-11-18-13-15-29-21(28)26(18)14-7-2-1-6-10-20-22-24-25-23-20/h3-5,8-9,11-12,18-19,27H,1,6,10,13-16H2,(H,22,23,24,25)/t18-,19?/m0/s1. The quantitative estimate of drug-likeness (QED) is 0.402. The molecular weight excluding hydrogens is 370 g/mol. The molecule has 1 aliphatic heterocycles. The Morgan fingerprint density at radius 1 is 1.34 bits per heavy atom. The topological polar surface area (TPSA) is 104 Å². The second kappa shape index (κ2) is 11.0. The van der Waals surface area contributed by atoms with Gasteiger partial charge in [0.05, 0.1) is 25.3 Å². The molecule has 2 aromatic rings. The van der Waals surface area contributed by atoms with Gasteiger partial charge in [0.25, 0.3) is 0 Å². The van der Waals surface area contributed by atoms with Crippen molar-refractivity contribution >= 4 is 6.09 Å². The highest BCUT2D eigenvalue weighted by Gasteiger charge is 2.27. The Balaban J connectivity index is 1.48. The Morgan fingerprint density at radius 2 is 2.21 bits per heavy atom. The number of aryl methyl sites for hydroxylation is 1. The van der Waals surface area contributed by atoms with Crippen molar-refractivity contribution in [2.75, 3.05) is 13.2 Å². The average Bonchev–Trinajstić information content (AvgIpc) is 3.24. The molecule has 0 saturated carbocycles. The highest BCUT2D eigenvalue weighted by Crippen LogP contribution is 2.15. The lowest BCUT2D eigenvalue weighted by molar-refractivity contribution is 0.0618. The van der Waals surface area contributed by atoms with Gasteiger partial charge in [0.1, 0.15) is 0 Å². The largest absolute Gasteiger partial charge is 0.449 e. The van der Waals surface area contributed by atoms with Gasteiger partial charge < -0.3 is 9.84 Å². The maximum Gasteiger partial charge on any atom is 0.411 e. The summed E-state index contributed by atoms with van der Waals surface area (Å²) in [5.41, 5.74) is 1.07. The fourth-order valence-electron chi connectivity index (χ4n) is 3.06. The first-order chi connectivity index (χ1) is 14.2. The number of H-pyrrole nitrogens is 1. The van der Waals surface area contributed by atoms with Crippen molar-refractivity contribution in [2.24, 2.45) is 0 Å². The smallest absolute Gasteiger partial charge is 0.411 e. The van der Waals surface area contributed by atoms with Crippen LogP contribution in [-0.4, -0.2) is 62.0 Å². The third-order valence-corrected chi connectivity index (χ3v) is 4.58. The molecule has 0 aliphatic carbocycles. The zero-order valence-electron chi connectivity index (χ0n) is 16.2. The number of benzene rings is 1. The van der Waals surface area contributed by atoms with Crippen LogP contribution in [0.15, 0.2) is 42.5 Å². The molecule has 8 nitrogen and oxygen atoms in total. The van der Waals surface area contributed by atoms with Gasteiger partial charge in [-0.25, -0.2) is 4.79 Å². The molecule has 8 heteroatoms. The molecule has 3 rings (SSSR count). The van der Waals surface area contributed by atoms with Crippen LogP contribution in [-0.2, 0) is 17.6 Å². The third-order valence-electron chi connectivity index (χ3n) is 4.58. The number of aromatic amines is 1. The van der Waals surface area contributed by atoms with Crippen LogP contribution in [0.5, 0.6) is 0 Å². The van der Waals surface area contributed by atoms with E-state index in [4.69, 9.17) is 4.74 Å². The highest BCUT2D eigenvalue weighted by atomic mass is 16.6. The molecule has 2 heterocycles. The molecule has 1 aliphatic rings. The summed E-state index contributed by atoms with van der Waals surface area (Å²) in [5, 5.41) is 24.0. The number of carbonyl (C=O) groups is 1. The van der Waals surface area contributed by atoms with Gasteiger partial charge in [-0.2, -0.15) is 5.21 Å². The first kappa shape index (κ1) is 20.6. The van der Waals surface area contributed by atoms with Crippen LogP contribution in [0.3, 0.4) is 0 Å². The second-order valence-corrected chi connectivity index (χ2v) is 6.78. The first-order valence-corrected chi connectivity index (χ1v) is 9.74. The summed E-state index contributed by atoms with van der Waals surface area (Å²) in [7, 11) is 0. The number of aromatic nitrogens is 4. The summed E-state index contributed by atoms with van der Waals surface area (Å²) in [6.45, 7) is 0.669. The average molecular weight is 395 g/mol. The van der Waals surface area contributed by atoms with Gasteiger partial charge in [0.15, 0.2) is 5.82 Å². The molecule has 1 fully saturated rings. The predicted molar refractivity (Wildman–Crippen MR) is 107 cm³/mol. The number of aliphatic hydroxyl groups is 1. The van der Waals surface area contributed by atoms with Crippen LogP contribution in [0.2, 0.25) is 0 Å². The molecular formula is C21H25N5O3. The van der Waals surface area contributed by atoms with Gasteiger partial charge in [0, 0.05) is 25.7 Å². The molecule has 152 valence electrons. The number of hydrogen-bond acceptors (Lipinski definition) is 6. The fraction of sp³-hybridized carbons (Fsp3) is 0.429. The zero-order chi connectivity index (χ0) is 20.3. The number of hydrogen-bond donors (Lipinski definition) is 2. The lowest BCUT2D eigenvalue weighted by Gasteiger charge is -2.31. The molecule has 1 aromatic heterocycles. The Bertz CT molecular complexity index is 842. The lowest BCUT2D eigenvalue weighted by atomic mass is 10.1. The van der Waals surface area contributed by atoms with Crippen molar-refractivity contribution in [1.82, 2.24) is 25.5 Å². The Hall–Kier alpha value is -3.18. The molecule has 2 atom stereocenters. The number of amides is 1. The van der Waals surface area contributed by atoms with E-state index in [1.807, 2.05) is 36.4 Å². The number of aliphatic hydroxyl groups excluding tert-OH is 1. The number of ether oxygens (including phenoxy) is 1. The second-order valence-electron chi connectivity index (χ2n) is 6.78. The van der Waals surface area contributed by atoms with Crippen molar-refractivity contribution in [3.63, 3.8) is 0 Å². The number of tetrazole rings is 1. The van der Waals surface area contributed by atoms with Crippen LogP contribution in [0.1, 0.15) is 30.7 Å². The molecule has 1 saturated heterocycles. The van der Waals surface area contributed by atoms with Crippen molar-refractivity contribution < 1.29 is 14.6 Å². The van der Waals surface area contributed by atoms with Gasteiger partial charge in [-0.15, -0.1) is 16.1 Å². The minimum Gasteiger partial charge on any atom is -0.449 e. The molecule has 1 aromatic carbocycles. The van der Waals surface area contributed by atoms with E-state index >= 15 is 0 Å². The van der Waals surface area contributed by atoms with Gasteiger partial charge >= 0.3 is 6.09 Å². The minimum atomic E-state index is -0.603. The van der Waals surface area contributed by atoms with E-state index in [0.717, 1.165) is 12.0 Å². The number of carbonyl (C=O) groups excluding carboxylic acids is 1. The Kier molecular flexibility index (Phi) is 7.78. The predicted octanol–water partition coefficient (Wildman–Crippen LogP) is 1.90. The van der Waals surface area contributed by atoms with Crippen molar-refractivity contribution in [3.05, 3.63) is 53.9 Å². The lowest BCUT2D eigenvalue weighted by Crippen LogP contribution is -2.44. The van der Waals surface area contributed by atoms with Gasteiger partial charge in [-0.3, -0.25) is 4.90 Å². The van der Waals surface area contributed by atoms with Crippen LogP contribution < -0.4 is 0 Å². The van der Waals surface area contributed by atoms with E-state index in [1.54, 1.807) is 11.0 Å². The molecule has 1 unspecified atom stereocenters. The van der Waals surface area contributed by atoms with E-state index in [2.05, 4.69) is 32.5 Å². The Morgan fingerprint density at radius 3 is 3.00 bits per heavy atom. The van der Waals surface area contributed by atoms with E-state index in [-0.39, 0.29) is 12.1 Å². The SMILES string of the molecule is O=C1OCC[C@H](C=CC(O)Cc2ccccc2)N1CC#CCCCc1nn[nH]n1.